The quantitative estimate of drug-likeness (QED) is 0.686. The van der Waals surface area contributed by atoms with Gasteiger partial charge in [0, 0.05) is 51.5 Å². The van der Waals surface area contributed by atoms with Gasteiger partial charge < -0.3 is 28.9 Å². The van der Waals surface area contributed by atoms with Gasteiger partial charge in [0.05, 0.1) is 27.4 Å². The van der Waals surface area contributed by atoms with Crippen LogP contribution in [0.4, 0.5) is 17.6 Å². The molecule has 0 amide bonds. The van der Waals surface area contributed by atoms with E-state index in [4.69, 9.17) is 19.2 Å². The lowest BCUT2D eigenvalue weighted by atomic mass is 10.0. The van der Waals surface area contributed by atoms with Gasteiger partial charge in [0.25, 0.3) is 0 Å². The molecule has 2 aromatic rings. The number of methoxy groups -OCH3 is 2. The predicted molar refractivity (Wildman–Crippen MR) is 114 cm³/mol. The molecule has 2 fully saturated rings. The fraction of sp³-hybridized carbons (Fsp3) is 0.600. The van der Waals surface area contributed by atoms with Crippen LogP contribution in [0.15, 0.2) is 18.3 Å². The largest absolute Gasteiger partial charge is 0.481 e. The molecule has 10 nitrogen and oxygen atoms in total. The number of hydrogen-bond donors (Lipinski definition) is 0. The number of likely N-dealkylation sites (N-methyl/N-ethyl adjacent to an activating group) is 1. The highest BCUT2D eigenvalue weighted by Crippen LogP contribution is 2.26. The highest BCUT2D eigenvalue weighted by atomic mass is 16.5. The molecule has 30 heavy (non-hydrogen) atoms. The van der Waals surface area contributed by atoms with E-state index in [1.807, 2.05) is 18.3 Å². The van der Waals surface area contributed by atoms with Crippen molar-refractivity contribution in [2.24, 2.45) is 0 Å². The Morgan fingerprint density at radius 3 is 2.63 bits per heavy atom. The molecule has 0 N–H and O–H groups in total. The Kier molecular flexibility index (Phi) is 6.32. The van der Waals surface area contributed by atoms with Crippen LogP contribution in [0.1, 0.15) is 12.8 Å². The van der Waals surface area contributed by atoms with Crippen LogP contribution in [0.5, 0.6) is 11.9 Å². The zero-order valence-corrected chi connectivity index (χ0v) is 17.8. The third-order valence-corrected chi connectivity index (χ3v) is 5.61. The third-order valence-electron chi connectivity index (χ3n) is 5.61. The number of rotatable bonds is 6. The summed E-state index contributed by atoms with van der Waals surface area (Å²) in [6, 6.07) is 4.39. The summed E-state index contributed by atoms with van der Waals surface area (Å²) in [5.41, 5.74) is 0. The maximum Gasteiger partial charge on any atom is 0.321 e. The van der Waals surface area contributed by atoms with Crippen LogP contribution < -0.4 is 24.2 Å². The number of aromatic nitrogens is 4. The van der Waals surface area contributed by atoms with E-state index in [9.17, 15) is 0 Å². The highest BCUT2D eigenvalue weighted by molar-refractivity contribution is 5.47. The number of hydrogen-bond acceptors (Lipinski definition) is 10. The molecule has 2 aliphatic heterocycles. The predicted octanol–water partition coefficient (Wildman–Crippen LogP) is 1.23. The van der Waals surface area contributed by atoms with Crippen molar-refractivity contribution in [3.05, 3.63) is 18.3 Å². The molecule has 4 rings (SSSR count). The van der Waals surface area contributed by atoms with Gasteiger partial charge in [0.2, 0.25) is 11.8 Å². The van der Waals surface area contributed by atoms with Crippen molar-refractivity contribution in [1.29, 1.82) is 0 Å². The summed E-state index contributed by atoms with van der Waals surface area (Å²) in [7, 11) is 5.22. The summed E-state index contributed by atoms with van der Waals surface area (Å²) in [4.78, 5) is 24.7. The topological polar surface area (TPSA) is 89.0 Å². The molecule has 162 valence electrons. The van der Waals surface area contributed by atoms with Crippen LogP contribution in [-0.4, -0.2) is 86.6 Å². The van der Waals surface area contributed by atoms with Crippen molar-refractivity contribution in [3.8, 4) is 11.9 Å². The minimum absolute atomic E-state index is 0.269. The average molecular weight is 415 g/mol. The van der Waals surface area contributed by atoms with E-state index < -0.39 is 0 Å². The lowest BCUT2D eigenvalue weighted by molar-refractivity contribution is 0.122. The lowest BCUT2D eigenvalue weighted by Gasteiger charge is -2.38. The maximum atomic E-state index is 5.45. The molecule has 0 aliphatic carbocycles. The fourth-order valence-corrected chi connectivity index (χ4v) is 3.87. The van der Waals surface area contributed by atoms with Gasteiger partial charge in [-0.25, -0.2) is 4.98 Å². The highest BCUT2D eigenvalue weighted by Gasteiger charge is 2.27. The molecule has 2 aromatic heterocycles. The minimum Gasteiger partial charge on any atom is -0.481 e. The van der Waals surface area contributed by atoms with Gasteiger partial charge in [-0.2, -0.15) is 15.0 Å². The Morgan fingerprint density at radius 2 is 1.87 bits per heavy atom. The third kappa shape index (κ3) is 4.48. The van der Waals surface area contributed by atoms with E-state index in [-0.39, 0.29) is 6.04 Å². The zero-order valence-electron chi connectivity index (χ0n) is 17.8. The Labute approximate surface area is 176 Å². The van der Waals surface area contributed by atoms with Crippen molar-refractivity contribution in [1.82, 2.24) is 19.9 Å². The lowest BCUT2D eigenvalue weighted by Crippen LogP contribution is -2.47. The zero-order chi connectivity index (χ0) is 20.9. The Morgan fingerprint density at radius 1 is 1.03 bits per heavy atom. The molecule has 0 bridgehead atoms. The van der Waals surface area contributed by atoms with E-state index in [0.717, 1.165) is 69.8 Å². The van der Waals surface area contributed by atoms with Gasteiger partial charge in [-0.1, -0.05) is 0 Å². The van der Waals surface area contributed by atoms with Gasteiger partial charge in [0.15, 0.2) is 0 Å². The summed E-state index contributed by atoms with van der Waals surface area (Å²) in [6.45, 7) is 4.91. The second-order valence-electron chi connectivity index (χ2n) is 7.42. The summed E-state index contributed by atoms with van der Waals surface area (Å²) in [5, 5.41) is 0. The molecule has 0 aromatic carbocycles. The van der Waals surface area contributed by atoms with Crippen molar-refractivity contribution in [3.63, 3.8) is 0 Å². The van der Waals surface area contributed by atoms with Gasteiger partial charge in [-0.3, -0.25) is 0 Å². The second kappa shape index (κ2) is 9.29. The van der Waals surface area contributed by atoms with Crippen LogP contribution >= 0.6 is 0 Å². The molecular formula is C20H29N7O3. The molecule has 0 radical (unpaired) electrons. The fourth-order valence-electron chi connectivity index (χ4n) is 3.87. The van der Waals surface area contributed by atoms with E-state index in [1.54, 1.807) is 14.2 Å². The van der Waals surface area contributed by atoms with Crippen LogP contribution in [0, 0.1) is 0 Å². The van der Waals surface area contributed by atoms with E-state index in [1.165, 1.54) is 0 Å². The molecule has 0 spiro atoms. The summed E-state index contributed by atoms with van der Waals surface area (Å²) in [6.07, 6.45) is 3.95. The van der Waals surface area contributed by atoms with Crippen molar-refractivity contribution in [2.45, 2.75) is 18.9 Å². The molecule has 1 atom stereocenters. The van der Waals surface area contributed by atoms with Crippen molar-refractivity contribution >= 4 is 17.6 Å². The summed E-state index contributed by atoms with van der Waals surface area (Å²) >= 11 is 0. The van der Waals surface area contributed by atoms with Crippen LogP contribution in [0.2, 0.25) is 0 Å². The molecule has 1 unspecified atom stereocenters. The Hall–Kier alpha value is -2.88. The molecule has 2 aliphatic rings. The first-order chi connectivity index (χ1) is 14.7. The maximum absolute atomic E-state index is 5.45. The number of anilines is 3. The Balaban J connectivity index is 1.49. The smallest absolute Gasteiger partial charge is 0.321 e. The normalized spacial score (nSPS) is 19.5. The van der Waals surface area contributed by atoms with Crippen LogP contribution in [-0.2, 0) is 4.74 Å². The van der Waals surface area contributed by atoms with E-state index in [0.29, 0.717) is 11.9 Å². The van der Waals surface area contributed by atoms with Crippen LogP contribution in [0.3, 0.4) is 0 Å². The first-order valence-corrected chi connectivity index (χ1v) is 10.3. The number of piperidine rings is 1. The van der Waals surface area contributed by atoms with Gasteiger partial charge in [-0.15, -0.1) is 0 Å². The van der Waals surface area contributed by atoms with Gasteiger partial charge in [0.1, 0.15) is 11.6 Å². The average Bonchev–Trinajstić information content (AvgIpc) is 2.84. The van der Waals surface area contributed by atoms with E-state index >= 15 is 0 Å². The number of ether oxygens (including phenoxy) is 3. The molecule has 2 saturated heterocycles. The van der Waals surface area contributed by atoms with Crippen LogP contribution in [0.25, 0.3) is 0 Å². The summed E-state index contributed by atoms with van der Waals surface area (Å²) < 4.78 is 16.0. The van der Waals surface area contributed by atoms with Crippen molar-refractivity contribution in [2.75, 3.05) is 75.4 Å². The number of morpholine rings is 1. The molecule has 0 saturated carbocycles. The van der Waals surface area contributed by atoms with Crippen molar-refractivity contribution < 1.29 is 14.2 Å². The monoisotopic (exact) mass is 415 g/mol. The molecular weight excluding hydrogens is 386 g/mol. The van der Waals surface area contributed by atoms with Gasteiger partial charge >= 0.3 is 6.01 Å². The van der Waals surface area contributed by atoms with E-state index in [2.05, 4.69) is 36.7 Å². The molecule has 10 heteroatoms. The first kappa shape index (κ1) is 20.4. The molecule has 4 heterocycles. The standard InChI is InChI=1S/C20H29N7O3/c1-25(19-21-7-6-16(22-19)26-9-11-30-12-10-26)15-5-4-8-27(14-15)17-13-18(28-2)24-20(23-17)29-3/h6-7,13,15H,4-5,8-12,14H2,1-3H3. The first-order valence-electron chi connectivity index (χ1n) is 10.3. The SMILES string of the molecule is COc1cc(N2CCCC(N(C)c3nccc(N4CCOCC4)n3)C2)nc(OC)n1. The Bertz CT molecular complexity index is 825. The summed E-state index contributed by atoms with van der Waals surface area (Å²) in [5.74, 6) is 2.99. The van der Waals surface area contributed by atoms with Gasteiger partial charge in [-0.05, 0) is 18.9 Å². The number of nitrogens with zero attached hydrogens (tertiary/aromatic N) is 7. The second-order valence-corrected chi connectivity index (χ2v) is 7.42. The minimum atomic E-state index is 0.269.